The number of fused-ring (bicyclic) bond motifs is 1. The van der Waals surface area contributed by atoms with Crippen molar-refractivity contribution >= 4 is 16.7 Å². The van der Waals surface area contributed by atoms with E-state index >= 15 is 0 Å². The van der Waals surface area contributed by atoms with E-state index in [-0.39, 0.29) is 6.10 Å². The summed E-state index contributed by atoms with van der Waals surface area (Å²) >= 11 is 0. The molecule has 0 aliphatic carbocycles. The molecule has 0 amide bonds. The second kappa shape index (κ2) is 10.0. The first-order chi connectivity index (χ1) is 17.8. The number of piperidine rings is 1. The molecule has 3 aromatic carbocycles. The monoisotopic (exact) mass is 479 g/mol. The number of hydrogen-bond acceptors (Lipinski definition) is 6. The van der Waals surface area contributed by atoms with E-state index in [1.54, 1.807) is 0 Å². The number of imidazole rings is 1. The molecule has 182 valence electrons. The maximum absolute atomic E-state index is 9.83. The lowest BCUT2D eigenvalue weighted by Gasteiger charge is -2.28. The van der Waals surface area contributed by atoms with Gasteiger partial charge in [0.25, 0.3) is 0 Å². The zero-order valence-corrected chi connectivity index (χ0v) is 20.2. The van der Waals surface area contributed by atoms with Crippen LogP contribution in [0.1, 0.15) is 18.4 Å². The first-order valence-corrected chi connectivity index (χ1v) is 12.6. The Morgan fingerprint density at radius 3 is 2.53 bits per heavy atom. The van der Waals surface area contributed by atoms with Gasteiger partial charge in [-0.1, -0.05) is 18.2 Å². The third-order valence-corrected chi connectivity index (χ3v) is 7.02. The molecule has 2 saturated heterocycles. The van der Waals surface area contributed by atoms with Gasteiger partial charge in [-0.2, -0.15) is 5.26 Å². The van der Waals surface area contributed by atoms with Gasteiger partial charge in [0.2, 0.25) is 0 Å². The van der Waals surface area contributed by atoms with Crippen molar-refractivity contribution < 1.29 is 9.47 Å². The molecule has 2 aliphatic rings. The minimum atomic E-state index is 0.149. The number of aromatic amines is 1. The average molecular weight is 480 g/mol. The highest BCUT2D eigenvalue weighted by Gasteiger charge is 2.18. The maximum Gasteiger partial charge on any atom is 0.138 e. The molecule has 2 aliphatic heterocycles. The number of ether oxygens (including phenoxy) is 2. The summed E-state index contributed by atoms with van der Waals surface area (Å²) in [4.78, 5) is 10.8. The Bertz CT molecular complexity index is 1390. The predicted octanol–water partition coefficient (Wildman–Crippen LogP) is 4.74. The van der Waals surface area contributed by atoms with Crippen LogP contribution in [0.25, 0.3) is 33.5 Å². The van der Waals surface area contributed by atoms with E-state index in [9.17, 15) is 5.26 Å². The van der Waals surface area contributed by atoms with Gasteiger partial charge in [-0.15, -0.1) is 0 Å². The fourth-order valence-corrected chi connectivity index (χ4v) is 5.03. The summed E-state index contributed by atoms with van der Waals surface area (Å²) in [5.74, 6) is 1.49. The SMILES string of the molecule is N#Cc1cc(-c2cccc3[nH]c(-c4ccc(N5CCOCC5)cc4)nc23)ccc1OC1CCNCC1. The van der Waals surface area contributed by atoms with Crippen molar-refractivity contribution in [1.29, 1.82) is 5.26 Å². The number of benzene rings is 3. The molecule has 36 heavy (non-hydrogen) atoms. The molecule has 2 fully saturated rings. The van der Waals surface area contributed by atoms with Gasteiger partial charge >= 0.3 is 0 Å². The molecule has 7 nitrogen and oxygen atoms in total. The van der Waals surface area contributed by atoms with E-state index in [0.717, 1.165) is 85.8 Å². The van der Waals surface area contributed by atoms with Crippen LogP contribution >= 0.6 is 0 Å². The van der Waals surface area contributed by atoms with Crippen LogP contribution < -0.4 is 15.0 Å². The number of morpholine rings is 1. The van der Waals surface area contributed by atoms with Crippen LogP contribution in [0, 0.1) is 11.3 Å². The quantitative estimate of drug-likeness (QED) is 0.430. The lowest BCUT2D eigenvalue weighted by molar-refractivity contribution is 0.122. The van der Waals surface area contributed by atoms with Crippen LogP contribution in [0.4, 0.5) is 5.69 Å². The molecule has 2 N–H and O–H groups in total. The maximum atomic E-state index is 9.83. The van der Waals surface area contributed by atoms with Crippen LogP contribution in [0.15, 0.2) is 60.7 Å². The van der Waals surface area contributed by atoms with Gasteiger partial charge in [0.1, 0.15) is 23.7 Å². The molecule has 3 heterocycles. The molecule has 7 heteroatoms. The van der Waals surface area contributed by atoms with Gasteiger partial charge in [-0.3, -0.25) is 0 Å². The average Bonchev–Trinajstić information content (AvgIpc) is 3.39. The van der Waals surface area contributed by atoms with Crippen molar-refractivity contribution in [3.8, 4) is 34.3 Å². The van der Waals surface area contributed by atoms with E-state index in [1.165, 1.54) is 5.69 Å². The first-order valence-electron chi connectivity index (χ1n) is 12.6. The molecular weight excluding hydrogens is 450 g/mol. The summed E-state index contributed by atoms with van der Waals surface area (Å²) in [5, 5.41) is 13.2. The summed E-state index contributed by atoms with van der Waals surface area (Å²) in [5.41, 5.74) is 6.60. The third-order valence-electron chi connectivity index (χ3n) is 7.02. The number of nitrogens with one attached hydrogen (secondary N) is 2. The van der Waals surface area contributed by atoms with Crippen LogP contribution in [0.2, 0.25) is 0 Å². The van der Waals surface area contributed by atoms with Crippen molar-refractivity contribution in [2.75, 3.05) is 44.3 Å². The van der Waals surface area contributed by atoms with E-state index < -0.39 is 0 Å². The number of H-pyrrole nitrogens is 1. The van der Waals surface area contributed by atoms with Crippen molar-refractivity contribution in [2.45, 2.75) is 18.9 Å². The number of para-hydroxylation sites is 1. The summed E-state index contributed by atoms with van der Waals surface area (Å²) in [6.45, 7) is 5.27. The Kier molecular flexibility index (Phi) is 6.29. The van der Waals surface area contributed by atoms with Crippen LogP contribution in [-0.4, -0.2) is 55.5 Å². The van der Waals surface area contributed by atoms with E-state index in [0.29, 0.717) is 11.3 Å². The van der Waals surface area contributed by atoms with Gasteiger partial charge in [0.05, 0.1) is 29.8 Å². The minimum absolute atomic E-state index is 0.149. The van der Waals surface area contributed by atoms with Crippen LogP contribution in [-0.2, 0) is 4.74 Å². The number of nitriles is 1. The second-order valence-electron chi connectivity index (χ2n) is 9.32. The molecule has 0 atom stereocenters. The number of anilines is 1. The zero-order valence-electron chi connectivity index (χ0n) is 20.2. The Hall–Kier alpha value is -3.86. The molecule has 0 saturated carbocycles. The summed E-state index contributed by atoms with van der Waals surface area (Å²) in [6, 6.07) is 22.8. The smallest absolute Gasteiger partial charge is 0.138 e. The van der Waals surface area contributed by atoms with Crippen molar-refractivity contribution in [2.24, 2.45) is 0 Å². The van der Waals surface area contributed by atoms with Gasteiger partial charge in [-0.05, 0) is 74.0 Å². The Morgan fingerprint density at radius 1 is 0.972 bits per heavy atom. The topological polar surface area (TPSA) is 86.2 Å². The fraction of sp³-hybridized carbons (Fsp3) is 0.310. The van der Waals surface area contributed by atoms with Crippen molar-refractivity contribution in [1.82, 2.24) is 15.3 Å². The molecule has 6 rings (SSSR count). The molecule has 0 bridgehead atoms. The van der Waals surface area contributed by atoms with Gasteiger partial charge in [0, 0.05) is 29.9 Å². The minimum Gasteiger partial charge on any atom is -0.489 e. The Balaban J connectivity index is 1.29. The molecule has 0 spiro atoms. The number of hydrogen-bond donors (Lipinski definition) is 2. The second-order valence-corrected chi connectivity index (χ2v) is 9.32. The molecule has 0 unspecified atom stereocenters. The zero-order chi connectivity index (χ0) is 24.3. The Morgan fingerprint density at radius 2 is 1.75 bits per heavy atom. The highest BCUT2D eigenvalue weighted by molar-refractivity contribution is 5.94. The standard InChI is InChI=1S/C29H29N5O2/c30-19-22-18-21(6-9-27(22)36-24-10-12-31-13-11-24)25-2-1-3-26-28(25)33-29(32-26)20-4-7-23(8-5-20)34-14-16-35-17-15-34/h1-9,18,24,31H,10-17H2,(H,32,33). The van der Waals surface area contributed by atoms with E-state index in [4.69, 9.17) is 14.5 Å². The molecule has 0 radical (unpaired) electrons. The summed E-state index contributed by atoms with van der Waals surface area (Å²) < 4.78 is 11.6. The molecule has 1 aromatic heterocycles. The number of nitrogens with zero attached hydrogens (tertiary/aromatic N) is 3. The third kappa shape index (κ3) is 4.53. The Labute approximate surface area is 210 Å². The van der Waals surface area contributed by atoms with Crippen molar-refractivity contribution in [3.05, 3.63) is 66.2 Å². The number of aromatic nitrogens is 2. The predicted molar refractivity (Wildman–Crippen MR) is 141 cm³/mol. The lowest BCUT2D eigenvalue weighted by atomic mass is 10.0. The first kappa shape index (κ1) is 22.6. The van der Waals surface area contributed by atoms with E-state index in [1.807, 2.05) is 30.3 Å². The summed E-state index contributed by atoms with van der Waals surface area (Å²) in [7, 11) is 0. The van der Waals surface area contributed by atoms with Crippen LogP contribution in [0.3, 0.4) is 0 Å². The largest absolute Gasteiger partial charge is 0.489 e. The van der Waals surface area contributed by atoms with Crippen molar-refractivity contribution in [3.63, 3.8) is 0 Å². The van der Waals surface area contributed by atoms with Crippen LogP contribution in [0.5, 0.6) is 5.75 Å². The highest BCUT2D eigenvalue weighted by atomic mass is 16.5. The fourth-order valence-electron chi connectivity index (χ4n) is 5.03. The normalized spacial score (nSPS) is 16.7. The molecule has 4 aromatic rings. The highest BCUT2D eigenvalue weighted by Crippen LogP contribution is 2.33. The van der Waals surface area contributed by atoms with Gasteiger partial charge in [-0.25, -0.2) is 4.98 Å². The van der Waals surface area contributed by atoms with Gasteiger partial charge in [0.15, 0.2) is 0 Å². The molecular formula is C29H29N5O2. The summed E-state index contributed by atoms with van der Waals surface area (Å²) in [6.07, 6.45) is 2.06. The van der Waals surface area contributed by atoms with Gasteiger partial charge < -0.3 is 24.7 Å². The number of rotatable bonds is 5. The lowest BCUT2D eigenvalue weighted by Crippen LogP contribution is -2.36. The van der Waals surface area contributed by atoms with E-state index in [2.05, 4.69) is 51.6 Å².